The Balaban J connectivity index is 1.55. The number of rotatable bonds is 7. The molecule has 36 heavy (non-hydrogen) atoms. The smallest absolute Gasteiger partial charge is 0.232 e. The third kappa shape index (κ3) is 4.27. The molecule has 3 N–H and O–H groups in total. The van der Waals surface area contributed by atoms with Gasteiger partial charge in [-0.2, -0.15) is 0 Å². The van der Waals surface area contributed by atoms with Gasteiger partial charge in [-0.15, -0.1) is 0 Å². The molecule has 6 rings (SSSR count). The Kier molecular flexibility index (Phi) is 6.24. The summed E-state index contributed by atoms with van der Waals surface area (Å²) in [6.07, 6.45) is 3.60. The van der Waals surface area contributed by atoms with Gasteiger partial charge in [0.15, 0.2) is 0 Å². The van der Waals surface area contributed by atoms with E-state index in [4.69, 9.17) is 19.9 Å². The van der Waals surface area contributed by atoms with Gasteiger partial charge in [0.2, 0.25) is 17.8 Å². The predicted molar refractivity (Wildman–Crippen MR) is 139 cm³/mol. The van der Waals surface area contributed by atoms with Crippen LogP contribution in [0.1, 0.15) is 5.76 Å². The minimum atomic E-state index is 0.564. The number of benzene rings is 2. The van der Waals surface area contributed by atoms with Crippen molar-refractivity contribution in [2.75, 3.05) is 38.6 Å². The van der Waals surface area contributed by atoms with Crippen molar-refractivity contribution in [2.24, 2.45) is 0 Å². The molecule has 182 valence electrons. The van der Waals surface area contributed by atoms with Crippen LogP contribution in [0.15, 0.2) is 89.8 Å². The van der Waals surface area contributed by atoms with E-state index in [1.807, 2.05) is 30.6 Å². The van der Waals surface area contributed by atoms with Crippen LogP contribution in [0, 0.1) is 0 Å². The Morgan fingerprint density at radius 3 is 2.33 bits per heavy atom. The average Bonchev–Trinajstić information content (AvgIpc) is 3.57. The van der Waals surface area contributed by atoms with Gasteiger partial charge in [-0.1, -0.05) is 65.6 Å². The maximum absolute atomic E-state index is 6.96. The van der Waals surface area contributed by atoms with Crippen LogP contribution in [0.3, 0.4) is 0 Å². The van der Waals surface area contributed by atoms with E-state index in [2.05, 4.69) is 57.7 Å². The van der Waals surface area contributed by atoms with Crippen LogP contribution >= 0.6 is 0 Å². The number of nitrogen functional groups attached to an aromatic ring is 1. The Morgan fingerprint density at radius 2 is 1.64 bits per heavy atom. The van der Waals surface area contributed by atoms with Gasteiger partial charge in [-0.05, 0) is 23.3 Å². The number of quaternary nitrogens is 1. The average molecular weight is 482 g/mol. The summed E-state index contributed by atoms with van der Waals surface area (Å²) < 4.78 is 15.6. The van der Waals surface area contributed by atoms with Gasteiger partial charge in [-0.25, -0.2) is 4.57 Å². The van der Waals surface area contributed by atoms with Crippen LogP contribution in [-0.4, -0.2) is 42.4 Å². The first-order valence-corrected chi connectivity index (χ1v) is 12.5. The molecule has 1 aliphatic heterocycles. The van der Waals surface area contributed by atoms with Crippen LogP contribution in [0.4, 0.5) is 5.82 Å². The van der Waals surface area contributed by atoms with Crippen molar-refractivity contribution in [3.8, 4) is 22.4 Å². The van der Waals surface area contributed by atoms with E-state index in [9.17, 15) is 0 Å². The SMILES string of the molecule is Nc1c2c(-c3ccccc3)c(-c3ccccc3)n(Cc3ccco3)c2nc[n+]1CC[NH+]1CCOCC1. The highest BCUT2D eigenvalue weighted by Gasteiger charge is 2.28. The lowest BCUT2D eigenvalue weighted by Gasteiger charge is -2.23. The van der Waals surface area contributed by atoms with Gasteiger partial charge in [-0.3, -0.25) is 0 Å². The molecule has 7 nitrogen and oxygen atoms in total. The Morgan fingerprint density at radius 1 is 0.917 bits per heavy atom. The number of ether oxygens (including phenoxy) is 1. The van der Waals surface area contributed by atoms with Crippen molar-refractivity contribution in [1.29, 1.82) is 0 Å². The van der Waals surface area contributed by atoms with Crippen molar-refractivity contribution < 1.29 is 18.6 Å². The van der Waals surface area contributed by atoms with Crippen molar-refractivity contribution in [3.63, 3.8) is 0 Å². The van der Waals surface area contributed by atoms with Crippen LogP contribution in [-0.2, 0) is 17.8 Å². The molecule has 2 aromatic carbocycles. The summed E-state index contributed by atoms with van der Waals surface area (Å²) in [5, 5.41) is 0.978. The topological polar surface area (TPSA) is 74.5 Å². The molecule has 1 saturated heterocycles. The number of nitrogens with two attached hydrogens (primary N) is 1. The zero-order valence-corrected chi connectivity index (χ0v) is 20.3. The third-order valence-corrected chi connectivity index (χ3v) is 7.03. The fourth-order valence-corrected chi connectivity index (χ4v) is 5.17. The number of hydrogen-bond acceptors (Lipinski definition) is 4. The van der Waals surface area contributed by atoms with E-state index < -0.39 is 0 Å². The first kappa shape index (κ1) is 22.5. The summed E-state index contributed by atoms with van der Waals surface area (Å²) in [6.45, 7) is 6.07. The number of furan rings is 1. The van der Waals surface area contributed by atoms with Gasteiger partial charge in [0.05, 0.1) is 31.7 Å². The molecule has 4 heterocycles. The molecule has 7 heteroatoms. The zero-order chi connectivity index (χ0) is 24.3. The summed E-state index contributed by atoms with van der Waals surface area (Å²) in [7, 11) is 0. The van der Waals surface area contributed by atoms with Crippen LogP contribution in [0.5, 0.6) is 0 Å². The molecule has 0 aliphatic carbocycles. The Bertz CT molecular complexity index is 1440. The van der Waals surface area contributed by atoms with Gasteiger partial charge in [0.1, 0.15) is 37.3 Å². The van der Waals surface area contributed by atoms with Gasteiger partial charge < -0.3 is 24.4 Å². The molecule has 1 fully saturated rings. The maximum atomic E-state index is 6.96. The quantitative estimate of drug-likeness (QED) is 0.351. The molecule has 0 unspecified atom stereocenters. The number of morpholine rings is 1. The molecule has 0 saturated carbocycles. The number of hydrogen-bond donors (Lipinski definition) is 2. The molecule has 0 radical (unpaired) electrons. The summed E-state index contributed by atoms with van der Waals surface area (Å²) in [5.74, 6) is 1.61. The minimum Gasteiger partial charge on any atom is -0.467 e. The minimum absolute atomic E-state index is 0.564. The summed E-state index contributed by atoms with van der Waals surface area (Å²) in [4.78, 5) is 6.53. The van der Waals surface area contributed by atoms with E-state index in [-0.39, 0.29) is 0 Å². The second kappa shape index (κ2) is 9.97. The fourth-order valence-electron chi connectivity index (χ4n) is 5.17. The van der Waals surface area contributed by atoms with Crippen molar-refractivity contribution >= 4 is 16.9 Å². The third-order valence-electron chi connectivity index (χ3n) is 7.03. The lowest BCUT2D eigenvalue weighted by Crippen LogP contribution is -3.14. The zero-order valence-electron chi connectivity index (χ0n) is 20.3. The molecular formula is C29H31N5O2+2. The highest BCUT2D eigenvalue weighted by Crippen LogP contribution is 2.42. The molecular weight excluding hydrogens is 450 g/mol. The molecule has 0 bridgehead atoms. The standard InChI is InChI=1S/C29H29N5O2/c30-28-26-25(22-8-3-1-4-9-22)27(23-10-5-2-6-11-23)34(20-24-12-7-17-36-24)29(26)31-21-33(28)14-13-32-15-18-35-19-16-32/h1-12,17,21,30H,13-16,18-20H2/p+2. The van der Waals surface area contributed by atoms with Crippen molar-refractivity contribution in [3.05, 3.63) is 91.1 Å². The van der Waals surface area contributed by atoms with Crippen LogP contribution < -0.4 is 15.2 Å². The number of nitrogens with zero attached hydrogens (tertiary/aromatic N) is 3. The lowest BCUT2D eigenvalue weighted by molar-refractivity contribution is -0.925. The number of aromatic nitrogens is 3. The number of fused-ring (bicyclic) bond motifs is 1. The van der Waals surface area contributed by atoms with E-state index in [0.29, 0.717) is 6.54 Å². The van der Waals surface area contributed by atoms with E-state index in [0.717, 1.165) is 84.4 Å². The van der Waals surface area contributed by atoms with Crippen molar-refractivity contribution in [1.82, 2.24) is 9.55 Å². The largest absolute Gasteiger partial charge is 0.467 e. The van der Waals surface area contributed by atoms with Gasteiger partial charge >= 0.3 is 0 Å². The molecule has 1 aliphatic rings. The first-order chi connectivity index (χ1) is 17.8. The first-order valence-electron chi connectivity index (χ1n) is 12.5. The van der Waals surface area contributed by atoms with Gasteiger partial charge in [0, 0.05) is 5.56 Å². The van der Waals surface area contributed by atoms with Gasteiger partial charge in [0.25, 0.3) is 0 Å². The molecule has 0 atom stereocenters. The van der Waals surface area contributed by atoms with Crippen LogP contribution in [0.2, 0.25) is 0 Å². The predicted octanol–water partition coefficient (Wildman–Crippen LogP) is 2.80. The van der Waals surface area contributed by atoms with Crippen LogP contribution in [0.25, 0.3) is 33.4 Å². The highest BCUT2D eigenvalue weighted by atomic mass is 16.5. The lowest BCUT2D eigenvalue weighted by atomic mass is 9.99. The molecule has 5 aromatic rings. The molecule has 0 amide bonds. The van der Waals surface area contributed by atoms with E-state index in [1.54, 1.807) is 6.26 Å². The monoisotopic (exact) mass is 481 g/mol. The fraction of sp³-hybridized carbons (Fsp3) is 0.241. The number of nitrogens with one attached hydrogen (secondary N) is 1. The van der Waals surface area contributed by atoms with E-state index >= 15 is 0 Å². The molecule has 3 aromatic heterocycles. The summed E-state index contributed by atoms with van der Waals surface area (Å²) >= 11 is 0. The summed E-state index contributed by atoms with van der Waals surface area (Å²) in [5.41, 5.74) is 12.2. The summed E-state index contributed by atoms with van der Waals surface area (Å²) in [6, 6.07) is 24.9. The second-order valence-corrected chi connectivity index (χ2v) is 9.26. The maximum Gasteiger partial charge on any atom is 0.232 e. The second-order valence-electron chi connectivity index (χ2n) is 9.26. The Labute approximate surface area is 210 Å². The van der Waals surface area contributed by atoms with E-state index in [1.165, 1.54) is 4.90 Å². The highest BCUT2D eigenvalue weighted by molar-refractivity contribution is 6.07. The molecule has 0 spiro atoms. The Hall–Kier alpha value is -3.94. The number of anilines is 1. The normalized spacial score (nSPS) is 14.4. The van der Waals surface area contributed by atoms with Crippen molar-refractivity contribution in [2.45, 2.75) is 13.1 Å².